The summed E-state index contributed by atoms with van der Waals surface area (Å²) in [5.74, 6) is 1.21. The van der Waals surface area contributed by atoms with Crippen molar-refractivity contribution in [1.29, 1.82) is 0 Å². The quantitative estimate of drug-likeness (QED) is 0.423. The number of ether oxygens (including phenoxy) is 1. The van der Waals surface area contributed by atoms with E-state index in [0.29, 0.717) is 33.5 Å². The zero-order chi connectivity index (χ0) is 22.9. The largest absolute Gasteiger partial charge is 0.497 e. The first-order valence-corrected chi connectivity index (χ1v) is 11.7. The first-order valence-electron chi connectivity index (χ1n) is 10.3. The Kier molecular flexibility index (Phi) is 5.82. The highest BCUT2D eigenvalue weighted by atomic mass is 35.5. The summed E-state index contributed by atoms with van der Waals surface area (Å²) in [6.45, 7) is 0.390. The molecular weight excluding hydrogens is 462 g/mol. The van der Waals surface area contributed by atoms with E-state index in [1.165, 1.54) is 18.0 Å². The maximum Gasteiger partial charge on any atom is 0.265 e. The van der Waals surface area contributed by atoms with Crippen LogP contribution in [0.5, 0.6) is 5.75 Å². The lowest BCUT2D eigenvalue weighted by Gasteiger charge is -2.14. The molecule has 2 aromatic carbocycles. The van der Waals surface area contributed by atoms with Crippen LogP contribution in [-0.2, 0) is 11.3 Å². The molecule has 5 rings (SSSR count). The maximum absolute atomic E-state index is 13.3. The van der Waals surface area contributed by atoms with Gasteiger partial charge in [-0.3, -0.25) is 14.2 Å². The number of carbonyl (C=O) groups is 1. The molecule has 10 heteroatoms. The Labute approximate surface area is 198 Å². The van der Waals surface area contributed by atoms with E-state index >= 15 is 0 Å². The van der Waals surface area contributed by atoms with Gasteiger partial charge in [-0.25, -0.2) is 9.67 Å². The van der Waals surface area contributed by atoms with E-state index in [-0.39, 0.29) is 23.9 Å². The smallest absolute Gasteiger partial charge is 0.265 e. The molecular formula is C23H20ClN5O3S. The van der Waals surface area contributed by atoms with Crippen LogP contribution in [0, 0.1) is 0 Å². The van der Waals surface area contributed by atoms with E-state index < -0.39 is 0 Å². The second-order valence-electron chi connectivity index (χ2n) is 7.64. The number of nitrogens with zero attached hydrogens (tertiary/aromatic N) is 4. The molecule has 168 valence electrons. The van der Waals surface area contributed by atoms with Crippen LogP contribution in [0.2, 0.25) is 5.02 Å². The van der Waals surface area contributed by atoms with E-state index in [4.69, 9.17) is 21.3 Å². The highest BCUT2D eigenvalue weighted by Crippen LogP contribution is 2.33. The molecule has 0 bridgehead atoms. The number of halogens is 1. The number of hydrogen-bond acceptors (Lipinski definition) is 6. The first-order chi connectivity index (χ1) is 16.0. The highest BCUT2D eigenvalue weighted by Gasteiger charge is 2.29. The van der Waals surface area contributed by atoms with Crippen LogP contribution < -0.4 is 15.6 Å². The fourth-order valence-electron chi connectivity index (χ4n) is 3.85. The Morgan fingerprint density at radius 1 is 1.27 bits per heavy atom. The van der Waals surface area contributed by atoms with Gasteiger partial charge < -0.3 is 10.1 Å². The second kappa shape index (κ2) is 8.92. The van der Waals surface area contributed by atoms with Gasteiger partial charge in [0.2, 0.25) is 5.91 Å². The van der Waals surface area contributed by atoms with Crippen LogP contribution >= 0.6 is 23.4 Å². The highest BCUT2D eigenvalue weighted by molar-refractivity contribution is 7.99. The van der Waals surface area contributed by atoms with Crippen molar-refractivity contribution in [2.75, 3.05) is 12.9 Å². The molecule has 3 heterocycles. The lowest BCUT2D eigenvalue weighted by molar-refractivity contribution is -0.121. The molecule has 0 fully saturated rings. The molecule has 8 nitrogen and oxygen atoms in total. The van der Waals surface area contributed by atoms with Gasteiger partial charge in [-0.15, -0.1) is 0 Å². The van der Waals surface area contributed by atoms with Crippen LogP contribution in [0.4, 0.5) is 0 Å². The van der Waals surface area contributed by atoms with E-state index in [1.807, 2.05) is 36.4 Å². The molecule has 33 heavy (non-hydrogen) atoms. The summed E-state index contributed by atoms with van der Waals surface area (Å²) in [7, 11) is 1.61. The molecule has 1 aliphatic heterocycles. The van der Waals surface area contributed by atoms with E-state index in [0.717, 1.165) is 17.0 Å². The number of fused-ring (bicyclic) bond motifs is 2. The SMILES string of the molecule is COc1cccc(CNC(=O)CC2CSc3nc4c(cnn4-c4cccc(Cl)c4)c(=O)n32)c1. The van der Waals surface area contributed by atoms with Gasteiger partial charge in [-0.1, -0.05) is 41.6 Å². The summed E-state index contributed by atoms with van der Waals surface area (Å²) < 4.78 is 8.44. The van der Waals surface area contributed by atoms with Gasteiger partial charge in [0, 0.05) is 23.7 Å². The predicted molar refractivity (Wildman–Crippen MR) is 127 cm³/mol. The van der Waals surface area contributed by atoms with Gasteiger partial charge in [0.15, 0.2) is 10.8 Å². The molecule has 1 amide bonds. The number of nitrogens with one attached hydrogen (secondary N) is 1. The molecule has 0 saturated carbocycles. The standard InChI is InChI=1S/C23H20ClN5O3S/c1-32-18-7-2-4-14(8-18)11-25-20(30)10-17-13-33-23-27-21-19(22(31)28(17)23)12-26-29(21)16-6-3-5-15(24)9-16/h2-9,12,17H,10-11,13H2,1H3,(H,25,30). The van der Waals surface area contributed by atoms with E-state index in [2.05, 4.69) is 10.4 Å². The summed E-state index contributed by atoms with van der Waals surface area (Å²) in [5.41, 5.74) is 1.95. The fraction of sp³-hybridized carbons (Fsp3) is 0.217. The molecule has 1 N–H and O–H groups in total. The zero-order valence-corrected chi connectivity index (χ0v) is 19.3. The Morgan fingerprint density at radius 2 is 2.12 bits per heavy atom. The lowest BCUT2D eigenvalue weighted by atomic mass is 10.2. The van der Waals surface area contributed by atoms with Crippen molar-refractivity contribution >= 4 is 40.3 Å². The number of amides is 1. The Morgan fingerprint density at radius 3 is 2.94 bits per heavy atom. The summed E-state index contributed by atoms with van der Waals surface area (Å²) in [5, 5.41) is 8.84. The molecule has 0 radical (unpaired) electrons. The molecule has 1 atom stereocenters. The monoisotopic (exact) mass is 481 g/mol. The number of benzene rings is 2. The predicted octanol–water partition coefficient (Wildman–Crippen LogP) is 3.60. The van der Waals surface area contributed by atoms with Crippen molar-refractivity contribution in [1.82, 2.24) is 24.6 Å². The second-order valence-corrected chi connectivity index (χ2v) is 9.06. The van der Waals surface area contributed by atoms with Gasteiger partial charge in [0.1, 0.15) is 11.1 Å². The van der Waals surface area contributed by atoms with Crippen LogP contribution in [0.3, 0.4) is 0 Å². The summed E-state index contributed by atoms with van der Waals surface area (Å²) in [6.07, 6.45) is 1.71. The third-order valence-electron chi connectivity index (χ3n) is 5.47. The molecule has 1 unspecified atom stereocenters. The van der Waals surface area contributed by atoms with Crippen molar-refractivity contribution in [2.45, 2.75) is 24.2 Å². The number of methoxy groups -OCH3 is 1. The van der Waals surface area contributed by atoms with Gasteiger partial charge in [-0.2, -0.15) is 5.10 Å². The Balaban J connectivity index is 1.36. The number of hydrogen-bond donors (Lipinski definition) is 1. The maximum atomic E-state index is 13.3. The molecule has 0 spiro atoms. The van der Waals surface area contributed by atoms with Crippen molar-refractivity contribution in [3.63, 3.8) is 0 Å². The molecule has 0 saturated heterocycles. The topological polar surface area (TPSA) is 91.0 Å². The van der Waals surface area contributed by atoms with Gasteiger partial charge >= 0.3 is 0 Å². The fourth-order valence-corrected chi connectivity index (χ4v) is 5.16. The van der Waals surface area contributed by atoms with Crippen molar-refractivity contribution in [2.24, 2.45) is 0 Å². The van der Waals surface area contributed by atoms with Gasteiger partial charge in [0.25, 0.3) is 5.56 Å². The van der Waals surface area contributed by atoms with E-state index in [1.54, 1.807) is 28.5 Å². The Hall–Kier alpha value is -3.30. The van der Waals surface area contributed by atoms with Crippen molar-refractivity contribution in [3.05, 3.63) is 75.7 Å². The number of rotatable bonds is 6. The van der Waals surface area contributed by atoms with Crippen molar-refractivity contribution < 1.29 is 9.53 Å². The minimum Gasteiger partial charge on any atom is -0.497 e. The lowest BCUT2D eigenvalue weighted by Crippen LogP contribution is -2.30. The first kappa shape index (κ1) is 21.5. The third-order valence-corrected chi connectivity index (χ3v) is 6.80. The third kappa shape index (κ3) is 4.21. The number of aromatic nitrogens is 4. The average Bonchev–Trinajstić information content (AvgIpc) is 3.43. The van der Waals surface area contributed by atoms with Gasteiger partial charge in [0.05, 0.1) is 25.0 Å². The molecule has 0 aliphatic carbocycles. The minimum atomic E-state index is -0.269. The zero-order valence-electron chi connectivity index (χ0n) is 17.7. The summed E-state index contributed by atoms with van der Waals surface area (Å²) >= 11 is 7.57. The molecule has 4 aromatic rings. The summed E-state index contributed by atoms with van der Waals surface area (Å²) in [6, 6.07) is 14.5. The average molecular weight is 482 g/mol. The van der Waals surface area contributed by atoms with Crippen LogP contribution in [0.15, 0.2) is 64.7 Å². The summed E-state index contributed by atoms with van der Waals surface area (Å²) in [4.78, 5) is 30.6. The minimum absolute atomic E-state index is 0.127. The van der Waals surface area contributed by atoms with E-state index in [9.17, 15) is 9.59 Å². The van der Waals surface area contributed by atoms with Crippen molar-refractivity contribution in [3.8, 4) is 11.4 Å². The molecule has 2 aromatic heterocycles. The van der Waals surface area contributed by atoms with Crippen LogP contribution in [0.1, 0.15) is 18.0 Å². The Bertz CT molecular complexity index is 1420. The normalized spacial score (nSPS) is 14.9. The number of thioether (sulfide) groups is 1. The van der Waals surface area contributed by atoms with Gasteiger partial charge in [-0.05, 0) is 35.9 Å². The molecule has 1 aliphatic rings. The number of carbonyl (C=O) groups excluding carboxylic acids is 1. The van der Waals surface area contributed by atoms with Crippen LogP contribution in [-0.4, -0.2) is 38.1 Å². The van der Waals surface area contributed by atoms with Crippen LogP contribution in [0.25, 0.3) is 16.7 Å².